The Bertz CT molecular complexity index is 1430. The van der Waals surface area contributed by atoms with Crippen molar-refractivity contribution in [3.8, 4) is 11.8 Å². The Morgan fingerprint density at radius 3 is 2.83 bits per heavy atom. The predicted octanol–water partition coefficient (Wildman–Crippen LogP) is 4.52. The Morgan fingerprint density at radius 1 is 1.23 bits per heavy atom. The van der Waals surface area contributed by atoms with Crippen molar-refractivity contribution in [2.45, 2.75) is 43.9 Å². The fourth-order valence-electron chi connectivity index (χ4n) is 6.51. The van der Waals surface area contributed by atoms with Crippen LogP contribution in [0.4, 0.5) is 10.0 Å². The van der Waals surface area contributed by atoms with Gasteiger partial charge in [-0.2, -0.15) is 5.26 Å². The largest absolute Gasteiger partial charge is 0.497 e. The van der Waals surface area contributed by atoms with E-state index in [0.717, 1.165) is 66.2 Å². The van der Waals surface area contributed by atoms with Gasteiger partial charge in [0.25, 0.3) is 0 Å². The summed E-state index contributed by atoms with van der Waals surface area (Å²) >= 11 is 1.74. The number of nitrogens with two attached hydrogens (primary N) is 1. The summed E-state index contributed by atoms with van der Waals surface area (Å²) in [6, 6.07) is 10.1. The van der Waals surface area contributed by atoms with Gasteiger partial charge in [0.2, 0.25) is 0 Å². The zero-order valence-corrected chi connectivity index (χ0v) is 20.3. The van der Waals surface area contributed by atoms with E-state index in [0.29, 0.717) is 35.3 Å². The van der Waals surface area contributed by atoms with Gasteiger partial charge in [0.1, 0.15) is 16.6 Å². The van der Waals surface area contributed by atoms with E-state index >= 15 is 0 Å². The molecule has 2 N–H and O–H groups in total. The number of carbonyl (C=O) groups is 1. The first-order valence-electron chi connectivity index (χ1n) is 12.2. The van der Waals surface area contributed by atoms with Gasteiger partial charge in [-0.25, -0.2) is 4.99 Å². The molecule has 35 heavy (non-hydrogen) atoms. The van der Waals surface area contributed by atoms with Crippen molar-refractivity contribution in [1.29, 1.82) is 5.26 Å². The van der Waals surface area contributed by atoms with Gasteiger partial charge in [-0.3, -0.25) is 9.69 Å². The molecule has 6 heterocycles. The molecule has 0 radical (unpaired) electrons. The van der Waals surface area contributed by atoms with Crippen molar-refractivity contribution >= 4 is 33.0 Å². The number of ketones is 1. The lowest BCUT2D eigenvalue weighted by molar-refractivity contribution is -0.116. The number of hydrogen-bond acceptors (Lipinski definition) is 8. The minimum atomic E-state index is -0.475. The average Bonchev–Trinajstić information content (AvgIpc) is 3.32. The Morgan fingerprint density at radius 2 is 2.06 bits per heavy atom. The van der Waals surface area contributed by atoms with Gasteiger partial charge < -0.3 is 15.4 Å². The summed E-state index contributed by atoms with van der Waals surface area (Å²) in [4.78, 5) is 22.9. The van der Waals surface area contributed by atoms with E-state index < -0.39 is 5.92 Å². The molecule has 1 unspecified atom stereocenters. The summed E-state index contributed by atoms with van der Waals surface area (Å²) in [6.07, 6.45) is 4.34. The first-order valence-corrected chi connectivity index (χ1v) is 13.0. The Balaban J connectivity index is 1.50. The van der Waals surface area contributed by atoms with Gasteiger partial charge in [0.15, 0.2) is 11.6 Å². The molecule has 1 atom stereocenters. The quantitative estimate of drug-likeness (QED) is 0.675. The highest BCUT2D eigenvalue weighted by molar-refractivity contribution is 7.21. The number of piperidine rings is 1. The van der Waals surface area contributed by atoms with E-state index in [2.05, 4.69) is 15.9 Å². The van der Waals surface area contributed by atoms with Crippen LogP contribution in [0.2, 0.25) is 0 Å². The zero-order valence-electron chi connectivity index (χ0n) is 19.5. The number of Topliss-reactive ketones (excluding diaryl/α,β-unsaturated/α-hetero) is 1. The number of hydrogen-bond donors (Lipinski definition) is 1. The van der Waals surface area contributed by atoms with Crippen molar-refractivity contribution in [3.63, 3.8) is 0 Å². The highest BCUT2D eigenvalue weighted by Gasteiger charge is 2.46. The van der Waals surface area contributed by atoms with Gasteiger partial charge in [-0.05, 0) is 49.3 Å². The Kier molecular flexibility index (Phi) is 4.43. The third-order valence-electron chi connectivity index (χ3n) is 8.06. The molecule has 0 amide bonds. The maximum absolute atomic E-state index is 13.5. The van der Waals surface area contributed by atoms with E-state index in [1.54, 1.807) is 18.4 Å². The number of fused-ring (bicyclic) bond motifs is 6. The van der Waals surface area contributed by atoms with Crippen LogP contribution in [0.15, 0.2) is 51.9 Å². The highest BCUT2D eigenvalue weighted by atomic mass is 32.1. The van der Waals surface area contributed by atoms with Crippen molar-refractivity contribution in [2.24, 2.45) is 10.7 Å². The van der Waals surface area contributed by atoms with E-state index in [4.69, 9.17) is 15.5 Å². The van der Waals surface area contributed by atoms with Gasteiger partial charge in [-0.15, -0.1) is 0 Å². The lowest BCUT2D eigenvalue weighted by atomic mass is 9.75. The van der Waals surface area contributed by atoms with E-state index in [-0.39, 0.29) is 5.78 Å². The molecule has 6 aliphatic rings. The number of ether oxygens (including phenoxy) is 1. The van der Waals surface area contributed by atoms with Gasteiger partial charge in [0.05, 0.1) is 35.2 Å². The van der Waals surface area contributed by atoms with Crippen LogP contribution < -0.4 is 20.3 Å². The first kappa shape index (κ1) is 20.8. The molecule has 2 bridgehead atoms. The summed E-state index contributed by atoms with van der Waals surface area (Å²) in [5.41, 5.74) is 12.0. The second-order valence-corrected chi connectivity index (χ2v) is 10.8. The molecule has 5 aliphatic heterocycles. The number of thiophene rings is 1. The molecule has 1 aromatic carbocycles. The summed E-state index contributed by atoms with van der Waals surface area (Å²) in [5, 5.41) is 12.8. The molecular formula is C27H25N5O2S. The minimum absolute atomic E-state index is 0.111. The SMILES string of the molecule is COc1cccc(C2C(C#N)=C3N=C(N)c4c(sc5c4C4CCN5CC4)N3C3=C2C(=O)CCC3)c1. The number of anilines is 2. The van der Waals surface area contributed by atoms with Gasteiger partial charge in [-0.1, -0.05) is 23.5 Å². The molecule has 176 valence electrons. The predicted molar refractivity (Wildman–Crippen MR) is 136 cm³/mol. The zero-order chi connectivity index (χ0) is 23.8. The minimum Gasteiger partial charge on any atom is -0.497 e. The van der Waals surface area contributed by atoms with Crippen LogP contribution >= 0.6 is 11.3 Å². The fourth-order valence-corrected chi connectivity index (χ4v) is 7.98. The molecule has 8 heteroatoms. The molecule has 2 aromatic rings. The number of carbonyl (C=O) groups excluding carboxylic acids is 1. The number of methoxy groups -OCH3 is 1. The van der Waals surface area contributed by atoms with Crippen LogP contribution in [0.1, 0.15) is 60.6 Å². The van der Waals surface area contributed by atoms with Gasteiger partial charge in [0, 0.05) is 36.3 Å². The van der Waals surface area contributed by atoms with Crippen LogP contribution in [0, 0.1) is 11.3 Å². The van der Waals surface area contributed by atoms with E-state index in [9.17, 15) is 10.1 Å². The van der Waals surface area contributed by atoms with Crippen molar-refractivity contribution < 1.29 is 9.53 Å². The Hall–Kier alpha value is -3.57. The molecule has 1 aromatic heterocycles. The Labute approximate surface area is 207 Å². The van der Waals surface area contributed by atoms with Crippen LogP contribution in [0.25, 0.3) is 0 Å². The fraction of sp³-hybridized carbons (Fsp3) is 0.370. The van der Waals surface area contributed by atoms with Crippen molar-refractivity contribution in [1.82, 2.24) is 0 Å². The number of allylic oxidation sites excluding steroid dienone is 3. The summed E-state index contributed by atoms with van der Waals surface area (Å²) < 4.78 is 5.46. The molecule has 8 rings (SSSR count). The number of benzene rings is 1. The molecule has 1 aliphatic carbocycles. The molecule has 1 saturated heterocycles. The number of nitriles is 1. The standard InChI is InChI=1S/C27H25N5O2S/c1-34-16-5-2-4-15(12-16)20-17(13-28)25-30-24(29)23-21-14-8-10-31(11-9-14)26(21)35-27(23)32(25)18-6-3-7-19(33)22(18)20/h2,4-5,12,14,20H,3,6-11H2,1H3,(H2,29,30). The summed E-state index contributed by atoms with van der Waals surface area (Å²) in [5.74, 6) is 1.89. The summed E-state index contributed by atoms with van der Waals surface area (Å²) in [6.45, 7) is 2.15. The second kappa shape index (κ2) is 7.46. The number of aliphatic imine (C=N–C) groups is 1. The first-order chi connectivity index (χ1) is 17.1. The van der Waals surface area contributed by atoms with Crippen LogP contribution in [-0.4, -0.2) is 31.8 Å². The monoisotopic (exact) mass is 483 g/mol. The smallest absolute Gasteiger partial charge is 0.161 e. The van der Waals surface area contributed by atoms with E-state index in [1.165, 1.54) is 10.6 Å². The second-order valence-electron chi connectivity index (χ2n) is 9.79. The number of amidine groups is 1. The van der Waals surface area contributed by atoms with E-state index in [1.807, 2.05) is 24.3 Å². The molecule has 7 nitrogen and oxygen atoms in total. The lowest BCUT2D eigenvalue weighted by Gasteiger charge is -2.41. The van der Waals surface area contributed by atoms with Crippen LogP contribution in [-0.2, 0) is 4.79 Å². The topological polar surface area (TPSA) is 94.9 Å². The van der Waals surface area contributed by atoms with Crippen LogP contribution in [0.5, 0.6) is 5.75 Å². The molecule has 1 fully saturated rings. The maximum Gasteiger partial charge on any atom is 0.161 e. The normalized spacial score (nSPS) is 22.9. The third kappa shape index (κ3) is 2.76. The number of nitrogens with zero attached hydrogens (tertiary/aromatic N) is 4. The van der Waals surface area contributed by atoms with Crippen molar-refractivity contribution in [3.05, 3.63) is 63.6 Å². The molecule has 0 spiro atoms. The highest BCUT2D eigenvalue weighted by Crippen LogP contribution is 2.57. The molecular weight excluding hydrogens is 458 g/mol. The van der Waals surface area contributed by atoms with Crippen LogP contribution in [0.3, 0.4) is 0 Å². The van der Waals surface area contributed by atoms with Crippen molar-refractivity contribution in [2.75, 3.05) is 30.0 Å². The summed E-state index contributed by atoms with van der Waals surface area (Å²) in [7, 11) is 1.62. The maximum atomic E-state index is 13.5. The average molecular weight is 484 g/mol. The third-order valence-corrected chi connectivity index (χ3v) is 9.31. The van der Waals surface area contributed by atoms with Gasteiger partial charge >= 0.3 is 0 Å². The molecule has 0 saturated carbocycles. The lowest BCUT2D eigenvalue weighted by Crippen LogP contribution is -2.40. The number of rotatable bonds is 2.